The lowest BCUT2D eigenvalue weighted by atomic mass is 10.1. The van der Waals surface area contributed by atoms with E-state index < -0.39 is 0 Å². The van der Waals surface area contributed by atoms with E-state index in [0.29, 0.717) is 0 Å². The third-order valence-electron chi connectivity index (χ3n) is 2.90. The van der Waals surface area contributed by atoms with Crippen molar-refractivity contribution in [2.24, 2.45) is 4.99 Å². The molecule has 4 nitrogen and oxygen atoms in total. The Morgan fingerprint density at radius 1 is 1.29 bits per heavy atom. The quantitative estimate of drug-likeness (QED) is 0.460. The Hall–Kier alpha value is -0.980. The highest BCUT2D eigenvalue weighted by molar-refractivity contribution is 14.0. The van der Waals surface area contributed by atoms with Gasteiger partial charge in [0, 0.05) is 19.1 Å². The summed E-state index contributed by atoms with van der Waals surface area (Å²) >= 11 is 0. The summed E-state index contributed by atoms with van der Waals surface area (Å²) in [4.78, 5) is 4.22. The number of nitrogens with zero attached hydrogens (tertiary/aromatic N) is 1. The summed E-state index contributed by atoms with van der Waals surface area (Å²) in [6, 6.07) is 6.33. The molecule has 0 unspecified atom stereocenters. The standard InChI is InChI=1S/C16H27N3O.HI/c1-12-7-8-13(11-14(12)20-6)9-10-18-15(17-5)19-16(2,3)4;/h7-8,11H,9-10H2,1-6H3,(H2,17,18,19);1H. The fourth-order valence-electron chi connectivity index (χ4n) is 1.88. The molecule has 0 radical (unpaired) electrons. The first-order valence-electron chi connectivity index (χ1n) is 6.98. The lowest BCUT2D eigenvalue weighted by molar-refractivity contribution is 0.411. The Morgan fingerprint density at radius 2 is 1.95 bits per heavy atom. The van der Waals surface area contributed by atoms with Gasteiger partial charge >= 0.3 is 0 Å². The third-order valence-corrected chi connectivity index (χ3v) is 2.90. The Morgan fingerprint density at radius 3 is 2.48 bits per heavy atom. The monoisotopic (exact) mass is 405 g/mol. The van der Waals surface area contributed by atoms with Crippen molar-refractivity contribution in [1.82, 2.24) is 10.6 Å². The van der Waals surface area contributed by atoms with Crippen molar-refractivity contribution in [1.29, 1.82) is 0 Å². The van der Waals surface area contributed by atoms with Crippen LogP contribution in [0.3, 0.4) is 0 Å². The predicted molar refractivity (Wildman–Crippen MR) is 101 cm³/mol. The van der Waals surface area contributed by atoms with Gasteiger partial charge in [0.1, 0.15) is 5.75 Å². The van der Waals surface area contributed by atoms with Crippen LogP contribution in [-0.2, 0) is 6.42 Å². The van der Waals surface area contributed by atoms with Gasteiger partial charge in [-0.2, -0.15) is 0 Å². The Bertz CT molecular complexity index is 467. The fraction of sp³-hybridized carbons (Fsp3) is 0.562. The van der Waals surface area contributed by atoms with Gasteiger partial charge in [-0.25, -0.2) is 0 Å². The zero-order valence-corrected chi connectivity index (χ0v) is 16.2. The van der Waals surface area contributed by atoms with E-state index in [2.05, 4.69) is 61.5 Å². The van der Waals surface area contributed by atoms with Gasteiger partial charge in [0.25, 0.3) is 0 Å². The average molecular weight is 405 g/mol. The van der Waals surface area contributed by atoms with Gasteiger partial charge < -0.3 is 15.4 Å². The molecule has 21 heavy (non-hydrogen) atoms. The summed E-state index contributed by atoms with van der Waals surface area (Å²) in [6.07, 6.45) is 0.932. The van der Waals surface area contributed by atoms with Gasteiger partial charge in [0.05, 0.1) is 7.11 Å². The molecule has 0 fully saturated rings. The van der Waals surface area contributed by atoms with Crippen LogP contribution in [-0.4, -0.2) is 32.2 Å². The molecule has 5 heteroatoms. The van der Waals surface area contributed by atoms with Crippen molar-refractivity contribution >= 4 is 29.9 Å². The maximum atomic E-state index is 5.34. The van der Waals surface area contributed by atoms with E-state index >= 15 is 0 Å². The summed E-state index contributed by atoms with van der Waals surface area (Å²) in [5.74, 6) is 1.77. The highest BCUT2D eigenvalue weighted by Crippen LogP contribution is 2.18. The molecule has 0 saturated heterocycles. The average Bonchev–Trinajstić information content (AvgIpc) is 2.38. The van der Waals surface area contributed by atoms with E-state index in [9.17, 15) is 0 Å². The number of hydrogen-bond acceptors (Lipinski definition) is 2. The van der Waals surface area contributed by atoms with Gasteiger partial charge in [0.15, 0.2) is 5.96 Å². The van der Waals surface area contributed by atoms with E-state index in [-0.39, 0.29) is 29.5 Å². The molecule has 0 heterocycles. The molecule has 2 N–H and O–H groups in total. The first-order valence-corrected chi connectivity index (χ1v) is 6.98. The van der Waals surface area contributed by atoms with Crippen LogP contribution in [0.25, 0.3) is 0 Å². The molecule has 0 aliphatic rings. The van der Waals surface area contributed by atoms with Gasteiger partial charge in [-0.05, 0) is 51.3 Å². The van der Waals surface area contributed by atoms with Crippen molar-refractivity contribution in [3.63, 3.8) is 0 Å². The molecular weight excluding hydrogens is 377 g/mol. The van der Waals surface area contributed by atoms with Gasteiger partial charge in [0.2, 0.25) is 0 Å². The van der Waals surface area contributed by atoms with E-state index in [1.807, 2.05) is 0 Å². The topological polar surface area (TPSA) is 45.7 Å². The number of methoxy groups -OCH3 is 1. The summed E-state index contributed by atoms with van der Waals surface area (Å²) in [6.45, 7) is 9.23. The molecule has 0 bridgehead atoms. The van der Waals surface area contributed by atoms with Crippen molar-refractivity contribution in [3.8, 4) is 5.75 Å². The van der Waals surface area contributed by atoms with Crippen molar-refractivity contribution < 1.29 is 4.74 Å². The Balaban J connectivity index is 0.00000400. The number of benzene rings is 1. The van der Waals surface area contributed by atoms with E-state index in [0.717, 1.165) is 30.2 Å². The molecule has 0 spiro atoms. The molecule has 0 aromatic heterocycles. The van der Waals surface area contributed by atoms with Crippen LogP contribution in [0.1, 0.15) is 31.9 Å². The van der Waals surface area contributed by atoms with Crippen molar-refractivity contribution in [2.75, 3.05) is 20.7 Å². The van der Waals surface area contributed by atoms with Crippen molar-refractivity contribution in [3.05, 3.63) is 29.3 Å². The van der Waals surface area contributed by atoms with Crippen LogP contribution in [0.5, 0.6) is 5.75 Å². The van der Waals surface area contributed by atoms with Gasteiger partial charge in [-0.3, -0.25) is 4.99 Å². The molecule has 0 amide bonds. The number of ether oxygens (including phenoxy) is 1. The SMILES string of the molecule is CN=C(NCCc1ccc(C)c(OC)c1)NC(C)(C)C.I. The molecular formula is C16H28IN3O. The van der Waals surface area contributed by atoms with Crippen LogP contribution in [0.15, 0.2) is 23.2 Å². The molecule has 0 aliphatic heterocycles. The largest absolute Gasteiger partial charge is 0.496 e. The number of halogens is 1. The first kappa shape index (κ1) is 20.0. The molecule has 0 atom stereocenters. The Kier molecular flexibility index (Phi) is 8.70. The predicted octanol–water partition coefficient (Wildman–Crippen LogP) is 3.13. The summed E-state index contributed by atoms with van der Waals surface area (Å²) in [5.41, 5.74) is 2.43. The molecule has 1 aromatic carbocycles. The number of guanidine groups is 1. The van der Waals surface area contributed by atoms with Crippen molar-refractivity contribution in [2.45, 2.75) is 39.7 Å². The first-order chi connectivity index (χ1) is 9.35. The highest BCUT2D eigenvalue weighted by Gasteiger charge is 2.11. The van der Waals surface area contributed by atoms with Gasteiger partial charge in [-0.15, -0.1) is 24.0 Å². The number of hydrogen-bond donors (Lipinski definition) is 2. The summed E-state index contributed by atoms with van der Waals surface area (Å²) < 4.78 is 5.34. The highest BCUT2D eigenvalue weighted by atomic mass is 127. The zero-order valence-electron chi connectivity index (χ0n) is 13.9. The number of aryl methyl sites for hydroxylation is 1. The number of nitrogens with one attached hydrogen (secondary N) is 2. The minimum absolute atomic E-state index is 0. The zero-order chi connectivity index (χ0) is 15.2. The van der Waals surface area contributed by atoms with Crippen LogP contribution in [0.4, 0.5) is 0 Å². The second-order valence-electron chi connectivity index (χ2n) is 5.93. The van der Waals surface area contributed by atoms with Crippen LogP contribution < -0.4 is 15.4 Å². The summed E-state index contributed by atoms with van der Waals surface area (Å²) in [7, 11) is 3.50. The van der Waals surface area contributed by atoms with E-state index in [1.165, 1.54) is 5.56 Å². The smallest absolute Gasteiger partial charge is 0.191 e. The van der Waals surface area contributed by atoms with Crippen LogP contribution in [0.2, 0.25) is 0 Å². The normalized spacial score (nSPS) is 11.6. The second kappa shape index (κ2) is 9.12. The fourth-order valence-corrected chi connectivity index (χ4v) is 1.88. The molecule has 1 aromatic rings. The summed E-state index contributed by atoms with van der Waals surface area (Å²) in [5, 5.41) is 6.66. The maximum absolute atomic E-state index is 5.34. The minimum Gasteiger partial charge on any atom is -0.496 e. The molecule has 120 valence electrons. The number of rotatable bonds is 4. The van der Waals surface area contributed by atoms with Crippen LogP contribution >= 0.6 is 24.0 Å². The lowest BCUT2D eigenvalue weighted by Crippen LogP contribution is -2.48. The van der Waals surface area contributed by atoms with E-state index in [4.69, 9.17) is 4.74 Å². The number of aliphatic imine (C=N–C) groups is 1. The minimum atomic E-state index is 0. The third kappa shape index (κ3) is 7.55. The maximum Gasteiger partial charge on any atom is 0.191 e. The molecule has 0 aliphatic carbocycles. The molecule has 1 rings (SSSR count). The second-order valence-corrected chi connectivity index (χ2v) is 5.93. The van der Waals surface area contributed by atoms with E-state index in [1.54, 1.807) is 14.2 Å². The lowest BCUT2D eigenvalue weighted by Gasteiger charge is -2.23. The Labute approximate surface area is 145 Å². The van der Waals surface area contributed by atoms with Gasteiger partial charge in [-0.1, -0.05) is 12.1 Å². The molecule has 0 saturated carbocycles. The van der Waals surface area contributed by atoms with Crippen LogP contribution in [0, 0.1) is 6.92 Å².